The summed E-state index contributed by atoms with van der Waals surface area (Å²) in [6, 6.07) is 10.1. The summed E-state index contributed by atoms with van der Waals surface area (Å²) in [6.45, 7) is 0.423. The molecule has 5 rings (SSSR count). The van der Waals surface area contributed by atoms with Gasteiger partial charge < -0.3 is 20.2 Å². The number of fused-ring (bicyclic) bond motifs is 3. The van der Waals surface area contributed by atoms with E-state index in [0.29, 0.717) is 12.2 Å². The molecule has 5 aromatic rings. The number of aromatic nitrogens is 6. The number of anilines is 1. The van der Waals surface area contributed by atoms with Crippen LogP contribution in [-0.4, -0.2) is 42.1 Å². The largest absolute Gasteiger partial charge is 0.371 e. The molecule has 0 bridgehead atoms. The Bertz CT molecular complexity index is 1350. The molecule has 0 saturated carbocycles. The van der Waals surface area contributed by atoms with E-state index in [-0.39, 0.29) is 5.91 Å². The lowest BCUT2D eigenvalue weighted by molar-refractivity contribution is 0.0946. The second kappa shape index (κ2) is 7.23. The monoisotopic (exact) mass is 418 g/mol. The lowest BCUT2D eigenvalue weighted by Gasteiger charge is -2.04. The molecule has 0 saturated heterocycles. The molecule has 0 aliphatic carbocycles. The summed E-state index contributed by atoms with van der Waals surface area (Å²) in [5.41, 5.74) is 6.02. The third-order valence-electron chi connectivity index (χ3n) is 4.98. The number of nitrogens with one attached hydrogen (secondary N) is 3. The Morgan fingerprint density at radius 1 is 1.27 bits per heavy atom. The number of carbonyl (C=O) groups is 1. The van der Waals surface area contributed by atoms with Crippen LogP contribution in [0.3, 0.4) is 0 Å². The fraction of sp³-hybridized carbons (Fsp3) is 0.150. The van der Waals surface area contributed by atoms with Gasteiger partial charge in [-0.15, -0.1) is 5.10 Å². The molecule has 3 N–H and O–H groups in total. The molecule has 9 nitrogen and oxygen atoms in total. The van der Waals surface area contributed by atoms with Gasteiger partial charge in [-0.25, -0.2) is 9.97 Å². The molecule has 10 heteroatoms. The van der Waals surface area contributed by atoms with Crippen LogP contribution in [0.5, 0.6) is 0 Å². The molecule has 4 heterocycles. The molecule has 4 aromatic heterocycles. The van der Waals surface area contributed by atoms with Crippen molar-refractivity contribution >= 4 is 45.3 Å². The van der Waals surface area contributed by atoms with Crippen molar-refractivity contribution < 1.29 is 4.79 Å². The van der Waals surface area contributed by atoms with Crippen LogP contribution < -0.4 is 10.6 Å². The van der Waals surface area contributed by atoms with Crippen LogP contribution in [0.4, 0.5) is 5.82 Å². The summed E-state index contributed by atoms with van der Waals surface area (Å²) in [5.74, 6) is 0.517. The minimum atomic E-state index is -0.227. The van der Waals surface area contributed by atoms with Crippen molar-refractivity contribution in [2.24, 2.45) is 7.05 Å². The second-order valence-electron chi connectivity index (χ2n) is 6.88. The Morgan fingerprint density at radius 2 is 2.10 bits per heavy atom. The van der Waals surface area contributed by atoms with E-state index < -0.39 is 0 Å². The van der Waals surface area contributed by atoms with E-state index in [4.69, 9.17) is 0 Å². The molecule has 0 spiro atoms. The number of benzene rings is 1. The molecule has 0 unspecified atom stereocenters. The van der Waals surface area contributed by atoms with Crippen LogP contribution in [-0.2, 0) is 13.6 Å². The van der Waals surface area contributed by atoms with Crippen molar-refractivity contribution in [3.05, 3.63) is 53.3 Å². The van der Waals surface area contributed by atoms with E-state index in [1.165, 1.54) is 0 Å². The van der Waals surface area contributed by atoms with E-state index >= 15 is 0 Å². The third kappa shape index (κ3) is 3.07. The highest BCUT2D eigenvalue weighted by Crippen LogP contribution is 2.31. The maximum Gasteiger partial charge on any atom is 0.273 e. The second-order valence-corrected chi connectivity index (χ2v) is 7.49. The number of pyridine rings is 1. The van der Waals surface area contributed by atoms with Crippen molar-refractivity contribution in [2.75, 3.05) is 12.4 Å². The smallest absolute Gasteiger partial charge is 0.273 e. The number of hydrogen-bond acceptors (Lipinski definition) is 7. The molecule has 1 aromatic carbocycles. The van der Waals surface area contributed by atoms with Crippen LogP contribution in [0.25, 0.3) is 33.3 Å². The Morgan fingerprint density at radius 3 is 2.83 bits per heavy atom. The predicted octanol–water partition coefficient (Wildman–Crippen LogP) is 2.94. The zero-order chi connectivity index (χ0) is 20.7. The van der Waals surface area contributed by atoms with Gasteiger partial charge in [-0.05, 0) is 28.7 Å². The Balaban J connectivity index is 1.42. The number of aryl methyl sites for hydroxylation is 1. The molecule has 0 atom stereocenters. The summed E-state index contributed by atoms with van der Waals surface area (Å²) < 4.78 is 5.71. The van der Waals surface area contributed by atoms with Crippen molar-refractivity contribution in [3.63, 3.8) is 0 Å². The third-order valence-corrected chi connectivity index (χ3v) is 5.49. The molecule has 0 radical (unpaired) electrons. The minimum absolute atomic E-state index is 0.227. The first-order chi connectivity index (χ1) is 14.6. The number of H-pyrrole nitrogens is 1. The van der Waals surface area contributed by atoms with Crippen molar-refractivity contribution in [1.29, 1.82) is 0 Å². The highest BCUT2D eigenvalue weighted by molar-refractivity contribution is 7.03. The topological polar surface area (TPSA) is 113 Å². The average Bonchev–Trinajstić information content (AvgIpc) is 3.51. The molecular formula is C20H18N8OS. The van der Waals surface area contributed by atoms with Gasteiger partial charge in [-0.1, -0.05) is 28.8 Å². The van der Waals surface area contributed by atoms with Crippen molar-refractivity contribution in [3.8, 4) is 11.3 Å². The highest BCUT2D eigenvalue weighted by atomic mass is 32.1. The van der Waals surface area contributed by atoms with Gasteiger partial charge in [0.05, 0.1) is 11.8 Å². The van der Waals surface area contributed by atoms with Crippen molar-refractivity contribution in [2.45, 2.75) is 6.54 Å². The quantitative estimate of drug-likeness (QED) is 0.404. The van der Waals surface area contributed by atoms with Gasteiger partial charge >= 0.3 is 0 Å². The van der Waals surface area contributed by atoms with Gasteiger partial charge in [0.25, 0.3) is 5.91 Å². The number of amides is 1. The first-order valence-corrected chi connectivity index (χ1v) is 10.1. The van der Waals surface area contributed by atoms with E-state index in [2.05, 4.69) is 41.2 Å². The SMILES string of the molecule is CNc1nc2[nH]c(-c3ccc(CNC(=O)c4csnn4)cc3)cc2c2c1ncn2C. The number of hydrogen-bond donors (Lipinski definition) is 3. The maximum atomic E-state index is 12.0. The molecule has 1 amide bonds. The summed E-state index contributed by atoms with van der Waals surface area (Å²) in [5, 5.41) is 12.4. The van der Waals surface area contributed by atoms with E-state index in [0.717, 1.165) is 56.2 Å². The minimum Gasteiger partial charge on any atom is -0.371 e. The van der Waals surface area contributed by atoms with Gasteiger partial charge in [0, 0.05) is 37.1 Å². The normalized spacial score (nSPS) is 11.3. The zero-order valence-corrected chi connectivity index (χ0v) is 17.1. The molecule has 0 fully saturated rings. The number of imidazole rings is 1. The number of rotatable bonds is 5. The van der Waals surface area contributed by atoms with Gasteiger partial charge in [-0.2, -0.15) is 0 Å². The number of aromatic amines is 1. The fourth-order valence-electron chi connectivity index (χ4n) is 3.47. The molecule has 30 heavy (non-hydrogen) atoms. The van der Waals surface area contributed by atoms with Gasteiger partial charge in [0.1, 0.15) is 11.2 Å². The summed E-state index contributed by atoms with van der Waals surface area (Å²) >= 11 is 1.16. The Hall–Kier alpha value is -3.79. The lowest BCUT2D eigenvalue weighted by atomic mass is 10.1. The summed E-state index contributed by atoms with van der Waals surface area (Å²) in [7, 11) is 3.82. The fourth-order valence-corrected chi connectivity index (χ4v) is 3.90. The number of carbonyl (C=O) groups excluding carboxylic acids is 1. The lowest BCUT2D eigenvalue weighted by Crippen LogP contribution is -2.23. The van der Waals surface area contributed by atoms with Gasteiger partial charge in [-0.3, -0.25) is 4.79 Å². The van der Waals surface area contributed by atoms with Gasteiger partial charge in [0.15, 0.2) is 11.5 Å². The molecular weight excluding hydrogens is 400 g/mol. The zero-order valence-electron chi connectivity index (χ0n) is 16.3. The standard InChI is InChI=1S/C20H18N8OS/c1-21-19-16-17(28(2)10-23-16)13-7-14(24-18(13)25-19)12-5-3-11(4-6-12)8-22-20(29)15-9-30-27-26-15/h3-7,9-10H,8H2,1-2H3,(H,22,29)(H2,21,24,25). The van der Waals surface area contributed by atoms with Crippen LogP contribution in [0, 0.1) is 0 Å². The molecule has 0 aliphatic rings. The van der Waals surface area contributed by atoms with Crippen LogP contribution >= 0.6 is 11.5 Å². The maximum absolute atomic E-state index is 12.0. The predicted molar refractivity (Wildman–Crippen MR) is 116 cm³/mol. The van der Waals surface area contributed by atoms with Crippen LogP contribution in [0.15, 0.2) is 42.0 Å². The van der Waals surface area contributed by atoms with Crippen LogP contribution in [0.1, 0.15) is 16.1 Å². The Labute approximate surface area is 175 Å². The van der Waals surface area contributed by atoms with Crippen molar-refractivity contribution in [1.82, 2.24) is 34.4 Å². The summed E-state index contributed by atoms with van der Waals surface area (Å²) in [6.07, 6.45) is 1.80. The first-order valence-electron chi connectivity index (χ1n) is 9.30. The van der Waals surface area contributed by atoms with E-state index in [9.17, 15) is 4.79 Å². The van der Waals surface area contributed by atoms with E-state index in [1.807, 2.05) is 42.9 Å². The average molecular weight is 418 g/mol. The summed E-state index contributed by atoms with van der Waals surface area (Å²) in [4.78, 5) is 24.5. The molecule has 0 aliphatic heterocycles. The van der Waals surface area contributed by atoms with Crippen LogP contribution in [0.2, 0.25) is 0 Å². The first kappa shape index (κ1) is 18.3. The highest BCUT2D eigenvalue weighted by Gasteiger charge is 2.15. The Kier molecular flexibility index (Phi) is 4.40. The molecule has 150 valence electrons. The number of nitrogens with zero attached hydrogens (tertiary/aromatic N) is 5. The van der Waals surface area contributed by atoms with Gasteiger partial charge in [0.2, 0.25) is 0 Å². The van der Waals surface area contributed by atoms with E-state index in [1.54, 1.807) is 11.7 Å².